The first-order chi connectivity index (χ1) is 11.7. The largest absolute Gasteiger partial charge is 0.493 e. The second kappa shape index (κ2) is 10.9. The molecule has 0 aliphatic rings. The van der Waals surface area contributed by atoms with Gasteiger partial charge in [0.1, 0.15) is 0 Å². The third-order valence-electron chi connectivity index (χ3n) is 4.06. The minimum absolute atomic E-state index is 0. The molecule has 4 nitrogen and oxygen atoms in total. The molecule has 0 amide bonds. The maximum absolute atomic E-state index is 5.43. The summed E-state index contributed by atoms with van der Waals surface area (Å²) in [5, 5.41) is 3.64. The number of methoxy groups -OCH3 is 3. The Morgan fingerprint density at radius 3 is 2.00 bits per heavy atom. The van der Waals surface area contributed by atoms with E-state index in [9.17, 15) is 0 Å². The number of rotatable bonds is 9. The Morgan fingerprint density at radius 1 is 0.920 bits per heavy atom. The Kier molecular flexibility index (Phi) is 9.17. The maximum Gasteiger partial charge on any atom is 0.203 e. The third-order valence-corrected chi connectivity index (χ3v) is 4.06. The molecule has 0 fully saturated rings. The van der Waals surface area contributed by atoms with Crippen LogP contribution < -0.4 is 19.5 Å². The van der Waals surface area contributed by atoms with Crippen LogP contribution in [-0.4, -0.2) is 21.3 Å². The van der Waals surface area contributed by atoms with Crippen molar-refractivity contribution in [2.75, 3.05) is 21.3 Å². The molecule has 2 aromatic carbocycles. The van der Waals surface area contributed by atoms with E-state index in [2.05, 4.69) is 36.5 Å². The summed E-state index contributed by atoms with van der Waals surface area (Å²) >= 11 is 0. The quantitative estimate of drug-likeness (QED) is 0.695. The first-order valence-electron chi connectivity index (χ1n) is 8.30. The van der Waals surface area contributed by atoms with Gasteiger partial charge in [-0.05, 0) is 29.7 Å². The standard InChI is InChI=1S/C20H27NO3.ClH/c1-5-9-17(16-10-7-6-8-11-16)21-14-15-12-18(22-2)20(24-4)19(13-15)23-3;/h6-8,10-13,17,21H,5,9,14H2,1-4H3;1H. The minimum atomic E-state index is 0. The lowest BCUT2D eigenvalue weighted by atomic mass is 10.0. The van der Waals surface area contributed by atoms with Gasteiger partial charge in [-0.25, -0.2) is 0 Å². The highest BCUT2D eigenvalue weighted by Crippen LogP contribution is 2.38. The fourth-order valence-electron chi connectivity index (χ4n) is 2.84. The van der Waals surface area contributed by atoms with Gasteiger partial charge in [0.05, 0.1) is 21.3 Å². The molecule has 0 saturated heterocycles. The van der Waals surface area contributed by atoms with E-state index >= 15 is 0 Å². The number of hydrogen-bond donors (Lipinski definition) is 1. The fourth-order valence-corrected chi connectivity index (χ4v) is 2.84. The highest BCUT2D eigenvalue weighted by Gasteiger charge is 2.15. The van der Waals surface area contributed by atoms with E-state index in [1.54, 1.807) is 21.3 Å². The van der Waals surface area contributed by atoms with Crippen LogP contribution in [0, 0.1) is 0 Å². The monoisotopic (exact) mass is 365 g/mol. The van der Waals surface area contributed by atoms with Crippen LogP contribution in [-0.2, 0) is 6.54 Å². The van der Waals surface area contributed by atoms with Crippen molar-refractivity contribution in [2.24, 2.45) is 0 Å². The van der Waals surface area contributed by atoms with Crippen molar-refractivity contribution in [3.63, 3.8) is 0 Å². The van der Waals surface area contributed by atoms with Crippen molar-refractivity contribution in [3.05, 3.63) is 53.6 Å². The summed E-state index contributed by atoms with van der Waals surface area (Å²) in [5.74, 6) is 1.98. The smallest absolute Gasteiger partial charge is 0.203 e. The van der Waals surface area contributed by atoms with Crippen molar-refractivity contribution >= 4 is 12.4 Å². The molecular weight excluding hydrogens is 338 g/mol. The molecule has 0 radical (unpaired) electrons. The van der Waals surface area contributed by atoms with Crippen LogP contribution in [0.15, 0.2) is 42.5 Å². The molecule has 0 aliphatic carbocycles. The first kappa shape index (κ1) is 21.1. The van der Waals surface area contributed by atoms with Gasteiger partial charge in [-0.15, -0.1) is 12.4 Å². The van der Waals surface area contributed by atoms with E-state index < -0.39 is 0 Å². The van der Waals surface area contributed by atoms with Gasteiger partial charge in [0, 0.05) is 12.6 Å². The summed E-state index contributed by atoms with van der Waals surface area (Å²) < 4.78 is 16.2. The molecule has 1 atom stereocenters. The first-order valence-corrected chi connectivity index (χ1v) is 8.30. The Bertz CT molecular complexity index is 609. The van der Waals surface area contributed by atoms with Gasteiger partial charge in [-0.3, -0.25) is 0 Å². The molecule has 2 aromatic rings. The van der Waals surface area contributed by atoms with E-state index in [-0.39, 0.29) is 12.4 Å². The van der Waals surface area contributed by atoms with E-state index in [1.807, 2.05) is 18.2 Å². The summed E-state index contributed by atoms with van der Waals surface area (Å²) in [7, 11) is 4.89. The molecule has 0 aliphatic heterocycles. The second-order valence-corrected chi connectivity index (χ2v) is 5.67. The van der Waals surface area contributed by atoms with E-state index in [0.29, 0.717) is 23.3 Å². The van der Waals surface area contributed by atoms with Crippen molar-refractivity contribution in [1.82, 2.24) is 5.32 Å². The van der Waals surface area contributed by atoms with Crippen molar-refractivity contribution in [3.8, 4) is 17.2 Å². The minimum Gasteiger partial charge on any atom is -0.493 e. The highest BCUT2D eigenvalue weighted by atomic mass is 35.5. The molecule has 0 heterocycles. The summed E-state index contributed by atoms with van der Waals surface area (Å²) in [6, 6.07) is 14.9. The Hall–Kier alpha value is -1.91. The van der Waals surface area contributed by atoms with Gasteiger partial charge in [-0.1, -0.05) is 43.7 Å². The van der Waals surface area contributed by atoms with Gasteiger partial charge >= 0.3 is 0 Å². The topological polar surface area (TPSA) is 39.7 Å². The summed E-state index contributed by atoms with van der Waals surface area (Å²) in [5.41, 5.74) is 2.41. The molecule has 2 rings (SSSR count). The van der Waals surface area contributed by atoms with Gasteiger partial charge in [0.25, 0.3) is 0 Å². The Balaban J connectivity index is 0.00000312. The lowest BCUT2D eigenvalue weighted by Crippen LogP contribution is -2.21. The lowest BCUT2D eigenvalue weighted by Gasteiger charge is -2.20. The normalized spacial score (nSPS) is 11.4. The Morgan fingerprint density at radius 2 is 1.52 bits per heavy atom. The maximum atomic E-state index is 5.43. The van der Waals surface area contributed by atoms with Gasteiger partial charge in [-0.2, -0.15) is 0 Å². The number of ether oxygens (including phenoxy) is 3. The molecule has 25 heavy (non-hydrogen) atoms. The zero-order chi connectivity index (χ0) is 17.4. The van der Waals surface area contributed by atoms with Gasteiger partial charge in [0.15, 0.2) is 11.5 Å². The molecule has 5 heteroatoms. The zero-order valence-corrected chi connectivity index (χ0v) is 16.2. The SMILES string of the molecule is CCCC(NCc1cc(OC)c(OC)c(OC)c1)c1ccccc1.Cl. The van der Waals surface area contributed by atoms with Crippen molar-refractivity contribution < 1.29 is 14.2 Å². The lowest BCUT2D eigenvalue weighted by molar-refractivity contribution is 0.323. The van der Waals surface area contributed by atoms with Crippen LogP contribution >= 0.6 is 12.4 Å². The molecule has 0 spiro atoms. The van der Waals surface area contributed by atoms with E-state index in [1.165, 1.54) is 5.56 Å². The van der Waals surface area contributed by atoms with Crippen LogP contribution in [0.4, 0.5) is 0 Å². The average molecular weight is 366 g/mol. The Labute approximate surface area is 156 Å². The predicted octanol–water partition coefficient (Wildman–Crippen LogP) is 4.77. The molecule has 0 saturated carbocycles. The third kappa shape index (κ3) is 5.55. The number of nitrogens with one attached hydrogen (secondary N) is 1. The number of hydrogen-bond acceptors (Lipinski definition) is 4. The van der Waals surface area contributed by atoms with Gasteiger partial charge in [0.2, 0.25) is 5.75 Å². The number of halogens is 1. The molecule has 1 unspecified atom stereocenters. The number of benzene rings is 2. The fraction of sp³-hybridized carbons (Fsp3) is 0.400. The van der Waals surface area contributed by atoms with E-state index in [4.69, 9.17) is 14.2 Å². The average Bonchev–Trinajstić information content (AvgIpc) is 2.64. The van der Waals surface area contributed by atoms with Crippen LogP contribution in [0.25, 0.3) is 0 Å². The van der Waals surface area contributed by atoms with Crippen LogP contribution in [0.1, 0.15) is 36.9 Å². The van der Waals surface area contributed by atoms with E-state index in [0.717, 1.165) is 24.9 Å². The van der Waals surface area contributed by atoms with Crippen LogP contribution in [0.3, 0.4) is 0 Å². The molecule has 0 bridgehead atoms. The predicted molar refractivity (Wildman–Crippen MR) is 104 cm³/mol. The summed E-state index contributed by atoms with van der Waals surface area (Å²) in [6.45, 7) is 2.94. The van der Waals surface area contributed by atoms with Crippen molar-refractivity contribution in [1.29, 1.82) is 0 Å². The summed E-state index contributed by atoms with van der Waals surface area (Å²) in [6.07, 6.45) is 2.22. The highest BCUT2D eigenvalue weighted by molar-refractivity contribution is 5.85. The second-order valence-electron chi connectivity index (χ2n) is 5.67. The summed E-state index contributed by atoms with van der Waals surface area (Å²) in [4.78, 5) is 0. The van der Waals surface area contributed by atoms with Crippen LogP contribution in [0.2, 0.25) is 0 Å². The zero-order valence-electron chi connectivity index (χ0n) is 15.4. The molecule has 1 N–H and O–H groups in total. The van der Waals surface area contributed by atoms with Gasteiger partial charge < -0.3 is 19.5 Å². The van der Waals surface area contributed by atoms with Crippen LogP contribution in [0.5, 0.6) is 17.2 Å². The van der Waals surface area contributed by atoms with Crippen molar-refractivity contribution in [2.45, 2.75) is 32.4 Å². The molecular formula is C20H28ClNO3. The molecule has 138 valence electrons. The molecule has 0 aromatic heterocycles.